The Bertz CT molecular complexity index is 651. The molecule has 2 heterocycles. The predicted octanol–water partition coefficient (Wildman–Crippen LogP) is 2.91. The molecule has 19 heavy (non-hydrogen) atoms. The van der Waals surface area contributed by atoms with Gasteiger partial charge in [0.15, 0.2) is 5.69 Å². The monoisotopic (exact) mass is 322 g/mol. The zero-order valence-electron chi connectivity index (χ0n) is 10.2. The Morgan fingerprint density at radius 3 is 3.21 bits per heavy atom. The minimum absolute atomic E-state index is 0.297. The van der Waals surface area contributed by atoms with Gasteiger partial charge in [-0.3, -0.25) is 5.10 Å². The number of halogens is 1. The highest BCUT2D eigenvalue weighted by atomic mass is 79.9. The van der Waals surface area contributed by atoms with E-state index in [2.05, 4.69) is 26.1 Å². The standard InChI is InChI=1S/C13H11BrN2O3/c1-2-18-13(17)12-9-6-19-10-5-7(14)3-4-8(10)11(9)15-16-12/h3-5H,2,6H2,1H3,(H,15,16). The Balaban J connectivity index is 2.07. The van der Waals surface area contributed by atoms with Crippen molar-refractivity contribution in [2.45, 2.75) is 13.5 Å². The van der Waals surface area contributed by atoms with Crippen LogP contribution < -0.4 is 4.74 Å². The van der Waals surface area contributed by atoms with Crippen LogP contribution in [0.4, 0.5) is 0 Å². The molecule has 1 aromatic heterocycles. The number of ether oxygens (including phenoxy) is 2. The van der Waals surface area contributed by atoms with E-state index in [1.165, 1.54) is 0 Å². The number of carbonyl (C=O) groups excluding carboxylic acids is 1. The lowest BCUT2D eigenvalue weighted by atomic mass is 10.0. The fraction of sp³-hybridized carbons (Fsp3) is 0.231. The Hall–Kier alpha value is -1.82. The SMILES string of the molecule is CCOC(=O)c1n[nH]c2c1COc1cc(Br)ccc1-2. The molecular weight excluding hydrogens is 312 g/mol. The molecule has 0 bridgehead atoms. The summed E-state index contributed by atoms with van der Waals surface area (Å²) in [5.74, 6) is 0.338. The van der Waals surface area contributed by atoms with E-state index in [4.69, 9.17) is 9.47 Å². The van der Waals surface area contributed by atoms with E-state index in [0.717, 1.165) is 27.0 Å². The van der Waals surface area contributed by atoms with Gasteiger partial charge in [0.1, 0.15) is 12.4 Å². The summed E-state index contributed by atoms with van der Waals surface area (Å²) in [6.07, 6.45) is 0. The molecule has 1 aliphatic rings. The lowest BCUT2D eigenvalue weighted by Gasteiger charge is -2.17. The van der Waals surface area contributed by atoms with Crippen molar-refractivity contribution in [3.63, 3.8) is 0 Å². The molecule has 5 nitrogen and oxygen atoms in total. The topological polar surface area (TPSA) is 64.2 Å². The molecule has 0 unspecified atom stereocenters. The van der Waals surface area contributed by atoms with E-state index in [0.29, 0.717) is 18.9 Å². The molecule has 1 N–H and O–H groups in total. The van der Waals surface area contributed by atoms with Crippen molar-refractivity contribution in [3.05, 3.63) is 33.9 Å². The van der Waals surface area contributed by atoms with Crippen LogP contribution in [0.1, 0.15) is 23.0 Å². The van der Waals surface area contributed by atoms with Gasteiger partial charge in [-0.25, -0.2) is 4.79 Å². The molecule has 0 amide bonds. The molecule has 0 spiro atoms. The number of nitrogens with one attached hydrogen (secondary N) is 1. The van der Waals surface area contributed by atoms with Crippen molar-refractivity contribution < 1.29 is 14.3 Å². The second-order valence-electron chi connectivity index (χ2n) is 4.08. The summed E-state index contributed by atoms with van der Waals surface area (Å²) in [6.45, 7) is 2.40. The van der Waals surface area contributed by atoms with Crippen LogP contribution in [0.5, 0.6) is 5.75 Å². The fourth-order valence-electron chi connectivity index (χ4n) is 2.07. The van der Waals surface area contributed by atoms with Gasteiger partial charge >= 0.3 is 5.97 Å². The van der Waals surface area contributed by atoms with Gasteiger partial charge in [-0.15, -0.1) is 0 Å². The second-order valence-corrected chi connectivity index (χ2v) is 4.99. The summed E-state index contributed by atoms with van der Waals surface area (Å²) in [7, 11) is 0. The van der Waals surface area contributed by atoms with Crippen molar-refractivity contribution in [1.29, 1.82) is 0 Å². The van der Waals surface area contributed by atoms with Crippen molar-refractivity contribution in [2.75, 3.05) is 6.61 Å². The highest BCUT2D eigenvalue weighted by molar-refractivity contribution is 9.10. The van der Waals surface area contributed by atoms with Crippen LogP contribution in [0.3, 0.4) is 0 Å². The summed E-state index contributed by atoms with van der Waals surface area (Å²) < 4.78 is 11.6. The molecule has 0 atom stereocenters. The third kappa shape index (κ3) is 2.02. The van der Waals surface area contributed by atoms with Crippen LogP contribution in [0.25, 0.3) is 11.3 Å². The van der Waals surface area contributed by atoms with Crippen molar-refractivity contribution >= 4 is 21.9 Å². The maximum atomic E-state index is 11.8. The molecule has 2 aromatic rings. The molecule has 6 heteroatoms. The van der Waals surface area contributed by atoms with Crippen molar-refractivity contribution in [3.8, 4) is 17.0 Å². The minimum Gasteiger partial charge on any atom is -0.488 e. The van der Waals surface area contributed by atoms with Crippen LogP contribution in [0.2, 0.25) is 0 Å². The van der Waals surface area contributed by atoms with Gasteiger partial charge in [0.2, 0.25) is 0 Å². The zero-order valence-corrected chi connectivity index (χ0v) is 11.8. The zero-order chi connectivity index (χ0) is 13.4. The number of hydrogen-bond acceptors (Lipinski definition) is 4. The van der Waals surface area contributed by atoms with Crippen molar-refractivity contribution in [1.82, 2.24) is 10.2 Å². The third-order valence-corrected chi connectivity index (χ3v) is 3.41. The highest BCUT2D eigenvalue weighted by Gasteiger charge is 2.27. The summed E-state index contributed by atoms with van der Waals surface area (Å²) in [6, 6.07) is 5.73. The van der Waals surface area contributed by atoms with Gasteiger partial charge in [-0.1, -0.05) is 15.9 Å². The Kier molecular flexibility index (Phi) is 3.02. The van der Waals surface area contributed by atoms with Crippen LogP contribution in [0, 0.1) is 0 Å². The number of fused-ring (bicyclic) bond motifs is 3. The lowest BCUT2D eigenvalue weighted by molar-refractivity contribution is 0.0516. The van der Waals surface area contributed by atoms with Crippen LogP contribution >= 0.6 is 15.9 Å². The Morgan fingerprint density at radius 1 is 1.58 bits per heavy atom. The van der Waals surface area contributed by atoms with E-state index in [1.807, 2.05) is 18.2 Å². The van der Waals surface area contributed by atoms with Gasteiger partial charge in [0, 0.05) is 10.0 Å². The molecule has 1 aliphatic heterocycles. The van der Waals surface area contributed by atoms with E-state index in [-0.39, 0.29) is 0 Å². The summed E-state index contributed by atoms with van der Waals surface area (Å²) in [4.78, 5) is 11.8. The minimum atomic E-state index is -0.427. The number of benzene rings is 1. The summed E-state index contributed by atoms with van der Waals surface area (Å²) in [5.41, 5.74) is 2.75. The van der Waals surface area contributed by atoms with Gasteiger partial charge in [-0.05, 0) is 25.1 Å². The van der Waals surface area contributed by atoms with Gasteiger partial charge in [0.05, 0.1) is 17.9 Å². The quantitative estimate of drug-likeness (QED) is 0.863. The number of aromatic nitrogens is 2. The van der Waals surface area contributed by atoms with E-state index in [9.17, 15) is 4.79 Å². The fourth-order valence-corrected chi connectivity index (χ4v) is 2.41. The van der Waals surface area contributed by atoms with Gasteiger partial charge < -0.3 is 9.47 Å². The first kappa shape index (κ1) is 12.2. The van der Waals surface area contributed by atoms with E-state index >= 15 is 0 Å². The van der Waals surface area contributed by atoms with Crippen LogP contribution in [0.15, 0.2) is 22.7 Å². The molecule has 0 saturated heterocycles. The smallest absolute Gasteiger partial charge is 0.359 e. The number of H-pyrrole nitrogens is 1. The van der Waals surface area contributed by atoms with Crippen molar-refractivity contribution in [2.24, 2.45) is 0 Å². The maximum Gasteiger partial charge on any atom is 0.359 e. The number of nitrogens with zero attached hydrogens (tertiary/aromatic N) is 1. The molecule has 0 aliphatic carbocycles. The molecule has 1 aromatic carbocycles. The summed E-state index contributed by atoms with van der Waals surface area (Å²) >= 11 is 3.40. The molecule has 0 radical (unpaired) electrons. The number of carbonyl (C=O) groups is 1. The van der Waals surface area contributed by atoms with E-state index in [1.54, 1.807) is 6.92 Å². The molecule has 98 valence electrons. The highest BCUT2D eigenvalue weighted by Crippen LogP contribution is 2.38. The Morgan fingerprint density at radius 2 is 2.42 bits per heavy atom. The number of rotatable bonds is 2. The number of esters is 1. The first-order valence-electron chi connectivity index (χ1n) is 5.87. The number of hydrogen-bond donors (Lipinski definition) is 1. The van der Waals surface area contributed by atoms with Gasteiger partial charge in [0.25, 0.3) is 0 Å². The average molecular weight is 323 g/mol. The Labute approximate surface area is 118 Å². The second kappa shape index (κ2) is 4.70. The molecule has 0 fully saturated rings. The third-order valence-electron chi connectivity index (χ3n) is 2.92. The maximum absolute atomic E-state index is 11.8. The average Bonchev–Trinajstić information content (AvgIpc) is 2.82. The van der Waals surface area contributed by atoms with Crippen LogP contribution in [-0.4, -0.2) is 22.8 Å². The summed E-state index contributed by atoms with van der Waals surface area (Å²) in [5, 5.41) is 6.94. The normalized spacial score (nSPS) is 12.3. The molecule has 3 rings (SSSR count). The van der Waals surface area contributed by atoms with Crippen LogP contribution in [-0.2, 0) is 11.3 Å². The van der Waals surface area contributed by atoms with E-state index < -0.39 is 5.97 Å². The first-order valence-corrected chi connectivity index (χ1v) is 6.67. The predicted molar refractivity (Wildman–Crippen MR) is 72.0 cm³/mol. The molecule has 0 saturated carbocycles. The molecular formula is C13H11BrN2O3. The lowest BCUT2D eigenvalue weighted by Crippen LogP contribution is -2.11. The largest absolute Gasteiger partial charge is 0.488 e. The number of aromatic amines is 1. The van der Waals surface area contributed by atoms with Gasteiger partial charge in [-0.2, -0.15) is 5.10 Å². The first-order chi connectivity index (χ1) is 9.20.